The largest absolute Gasteiger partial charge is 0.516 e. The number of nitrogens with one attached hydrogen (secondary N) is 1. The molecule has 0 fully saturated rings. The molecule has 0 aromatic heterocycles. The average molecular weight is 309 g/mol. The fraction of sp³-hybridized carbons (Fsp3) is 0.538. The van der Waals surface area contributed by atoms with E-state index in [1.165, 1.54) is 0 Å². The summed E-state index contributed by atoms with van der Waals surface area (Å²) in [5.41, 5.74) is -4.20. The molecule has 0 atom stereocenters. The Morgan fingerprint density at radius 2 is 1.40 bits per heavy atom. The molecule has 0 aliphatic heterocycles. The molecule has 1 aromatic carbocycles. The van der Waals surface area contributed by atoms with Crippen molar-refractivity contribution in [3.63, 3.8) is 0 Å². The van der Waals surface area contributed by atoms with Crippen molar-refractivity contribution < 1.29 is 21.6 Å². The third kappa shape index (κ3) is 3.45. The predicted molar refractivity (Wildman–Crippen MR) is 73.2 cm³/mol. The molecule has 114 valence electrons. The maximum atomic E-state index is 12.5. The first-order valence-corrected chi connectivity index (χ1v) is 7.67. The molecule has 20 heavy (non-hydrogen) atoms. The molecule has 0 amide bonds. The lowest BCUT2D eigenvalue weighted by Crippen LogP contribution is -2.31. The molecule has 0 unspecified atom stereocenters. The van der Waals surface area contributed by atoms with Crippen molar-refractivity contribution in [1.82, 2.24) is 0 Å². The van der Waals surface area contributed by atoms with E-state index in [1.807, 2.05) is 0 Å². The molecular weight excluding hydrogens is 291 g/mol. The fourth-order valence-corrected chi connectivity index (χ4v) is 2.48. The van der Waals surface area contributed by atoms with Crippen LogP contribution in [0.1, 0.15) is 50.7 Å². The minimum Gasteiger partial charge on any atom is -0.275 e. The molecule has 0 spiro atoms. The average Bonchev–Trinajstić information content (AvgIpc) is 2.26. The van der Waals surface area contributed by atoms with Crippen molar-refractivity contribution in [1.29, 1.82) is 0 Å². The molecule has 3 nitrogen and oxygen atoms in total. The zero-order chi connectivity index (χ0) is 15.7. The Kier molecular flexibility index (Phi) is 4.74. The van der Waals surface area contributed by atoms with E-state index in [2.05, 4.69) is 0 Å². The van der Waals surface area contributed by atoms with E-state index >= 15 is 0 Å². The van der Waals surface area contributed by atoms with Gasteiger partial charge in [0.1, 0.15) is 0 Å². The van der Waals surface area contributed by atoms with Crippen molar-refractivity contribution in [2.75, 3.05) is 4.72 Å². The van der Waals surface area contributed by atoms with Crippen molar-refractivity contribution in [3.8, 4) is 0 Å². The van der Waals surface area contributed by atoms with Crippen LogP contribution in [-0.4, -0.2) is 13.9 Å². The Labute approximate surface area is 117 Å². The molecular formula is C13H18F3NO2S. The maximum absolute atomic E-state index is 12.5. The first-order chi connectivity index (χ1) is 8.97. The second kappa shape index (κ2) is 5.63. The quantitative estimate of drug-likeness (QED) is 0.906. The van der Waals surface area contributed by atoms with Crippen LogP contribution in [0.25, 0.3) is 0 Å². The van der Waals surface area contributed by atoms with E-state index in [9.17, 15) is 21.6 Å². The van der Waals surface area contributed by atoms with E-state index in [0.717, 1.165) is 0 Å². The van der Waals surface area contributed by atoms with Gasteiger partial charge in [0.25, 0.3) is 0 Å². The maximum Gasteiger partial charge on any atom is 0.516 e. The summed E-state index contributed by atoms with van der Waals surface area (Å²) in [6.07, 6.45) is 0. The lowest BCUT2D eigenvalue weighted by Gasteiger charge is -2.21. The molecule has 0 bridgehead atoms. The van der Waals surface area contributed by atoms with Gasteiger partial charge in [0, 0.05) is 0 Å². The third-order valence-electron chi connectivity index (χ3n) is 2.91. The van der Waals surface area contributed by atoms with Crippen molar-refractivity contribution >= 4 is 15.7 Å². The first-order valence-electron chi connectivity index (χ1n) is 6.19. The molecule has 0 aliphatic carbocycles. The zero-order valence-electron chi connectivity index (χ0n) is 11.7. The summed E-state index contributed by atoms with van der Waals surface area (Å²) in [5.74, 6) is -0.195. The summed E-state index contributed by atoms with van der Waals surface area (Å²) in [5, 5.41) is 0. The van der Waals surface area contributed by atoms with Gasteiger partial charge in [-0.3, -0.25) is 4.72 Å². The minimum atomic E-state index is -5.41. The number of alkyl halides is 3. The van der Waals surface area contributed by atoms with Gasteiger partial charge in [0.05, 0.1) is 5.69 Å². The highest BCUT2D eigenvalue weighted by molar-refractivity contribution is 7.93. The number of hydrogen-bond acceptors (Lipinski definition) is 2. The molecule has 0 radical (unpaired) electrons. The summed E-state index contributed by atoms with van der Waals surface area (Å²) in [6.45, 7) is 7.19. The van der Waals surface area contributed by atoms with Crippen LogP contribution in [0.3, 0.4) is 0 Å². The van der Waals surface area contributed by atoms with Gasteiger partial charge in [-0.25, -0.2) is 0 Å². The number of rotatable bonds is 4. The topological polar surface area (TPSA) is 46.2 Å². The van der Waals surface area contributed by atoms with E-state index in [0.29, 0.717) is 11.1 Å². The van der Waals surface area contributed by atoms with Crippen molar-refractivity contribution in [2.24, 2.45) is 0 Å². The Bertz CT molecular complexity index is 552. The molecule has 1 aromatic rings. The van der Waals surface area contributed by atoms with E-state index in [-0.39, 0.29) is 17.5 Å². The van der Waals surface area contributed by atoms with E-state index in [1.54, 1.807) is 50.6 Å². The van der Waals surface area contributed by atoms with Gasteiger partial charge in [-0.1, -0.05) is 45.9 Å². The second-order valence-electron chi connectivity index (χ2n) is 5.17. The van der Waals surface area contributed by atoms with Crippen LogP contribution >= 0.6 is 0 Å². The summed E-state index contributed by atoms with van der Waals surface area (Å²) >= 11 is 0. The summed E-state index contributed by atoms with van der Waals surface area (Å²) in [6, 6.07) is 4.98. The number of halogens is 3. The Balaban J connectivity index is 3.43. The van der Waals surface area contributed by atoms with Crippen LogP contribution in [-0.2, 0) is 10.0 Å². The van der Waals surface area contributed by atoms with Crippen LogP contribution in [0.2, 0.25) is 0 Å². The SMILES string of the molecule is CC(C)c1cccc(C(C)C)c1NS(=O)(=O)C(F)(F)F. The summed E-state index contributed by atoms with van der Waals surface area (Å²) in [4.78, 5) is 0. The van der Waals surface area contributed by atoms with Gasteiger partial charge in [-0.05, 0) is 23.0 Å². The van der Waals surface area contributed by atoms with Gasteiger partial charge in [0.15, 0.2) is 0 Å². The Morgan fingerprint density at radius 3 is 1.70 bits per heavy atom. The van der Waals surface area contributed by atoms with Crippen LogP contribution in [0.15, 0.2) is 18.2 Å². The molecule has 1 N–H and O–H groups in total. The number of benzene rings is 1. The second-order valence-corrected chi connectivity index (χ2v) is 6.85. The fourth-order valence-electron chi connectivity index (χ4n) is 1.86. The Morgan fingerprint density at radius 1 is 1.00 bits per heavy atom. The zero-order valence-corrected chi connectivity index (χ0v) is 12.6. The summed E-state index contributed by atoms with van der Waals surface area (Å²) < 4.78 is 62.0. The summed E-state index contributed by atoms with van der Waals surface area (Å²) in [7, 11) is -5.41. The molecule has 0 saturated carbocycles. The predicted octanol–water partition coefficient (Wildman–Crippen LogP) is 4.19. The van der Waals surface area contributed by atoms with E-state index < -0.39 is 15.5 Å². The van der Waals surface area contributed by atoms with Gasteiger partial charge in [-0.15, -0.1) is 0 Å². The molecule has 0 heterocycles. The van der Waals surface area contributed by atoms with Crippen molar-refractivity contribution in [3.05, 3.63) is 29.3 Å². The van der Waals surface area contributed by atoms with Crippen LogP contribution < -0.4 is 4.72 Å². The van der Waals surface area contributed by atoms with Gasteiger partial charge in [-0.2, -0.15) is 21.6 Å². The molecule has 0 saturated heterocycles. The highest BCUT2D eigenvalue weighted by atomic mass is 32.2. The van der Waals surface area contributed by atoms with Crippen LogP contribution in [0.4, 0.5) is 18.9 Å². The number of para-hydroxylation sites is 1. The monoisotopic (exact) mass is 309 g/mol. The number of sulfonamides is 1. The van der Waals surface area contributed by atoms with Gasteiger partial charge in [0.2, 0.25) is 0 Å². The lowest BCUT2D eigenvalue weighted by molar-refractivity contribution is -0.0429. The minimum absolute atomic E-state index is 0.0369. The molecule has 7 heteroatoms. The first kappa shape index (κ1) is 16.8. The third-order valence-corrected chi connectivity index (χ3v) is 4.00. The highest BCUT2D eigenvalue weighted by Crippen LogP contribution is 2.35. The van der Waals surface area contributed by atoms with Crippen molar-refractivity contribution in [2.45, 2.75) is 45.0 Å². The van der Waals surface area contributed by atoms with Gasteiger partial charge >= 0.3 is 15.5 Å². The number of hydrogen-bond donors (Lipinski definition) is 1. The standard InChI is InChI=1S/C13H18F3NO2S/c1-8(2)10-6-5-7-11(9(3)4)12(10)17-20(18,19)13(14,15)16/h5-9,17H,1-4H3. The molecule has 1 rings (SSSR count). The smallest absolute Gasteiger partial charge is 0.275 e. The van der Waals surface area contributed by atoms with Crippen LogP contribution in [0, 0.1) is 0 Å². The Hall–Kier alpha value is -1.24. The normalized spacial score (nSPS) is 13.1. The molecule has 0 aliphatic rings. The van der Waals surface area contributed by atoms with Crippen LogP contribution in [0.5, 0.6) is 0 Å². The highest BCUT2D eigenvalue weighted by Gasteiger charge is 2.46. The van der Waals surface area contributed by atoms with Gasteiger partial charge < -0.3 is 0 Å². The number of anilines is 1. The van der Waals surface area contributed by atoms with E-state index in [4.69, 9.17) is 0 Å². The lowest BCUT2D eigenvalue weighted by atomic mass is 9.93.